The Balaban J connectivity index is 1.35. The third-order valence-corrected chi connectivity index (χ3v) is 6.04. The SMILES string of the molecule is O=C(CSCC(=O)Nc1ccc(F)cc1)NCC1CCCCN1Cc1ccccc1. The Morgan fingerprint density at radius 2 is 1.73 bits per heavy atom. The molecule has 0 aromatic heterocycles. The molecule has 1 atom stereocenters. The molecule has 2 amide bonds. The number of thioether (sulfide) groups is 1. The van der Waals surface area contributed by atoms with Crippen molar-refractivity contribution in [2.45, 2.75) is 31.8 Å². The first kappa shape index (κ1) is 22.3. The predicted octanol–water partition coefficient (Wildman–Crippen LogP) is 3.67. The fraction of sp³-hybridized carbons (Fsp3) is 0.391. The van der Waals surface area contributed by atoms with Crippen LogP contribution >= 0.6 is 11.8 Å². The van der Waals surface area contributed by atoms with Crippen LogP contribution in [0.3, 0.4) is 0 Å². The van der Waals surface area contributed by atoms with Crippen molar-refractivity contribution in [3.05, 3.63) is 66.0 Å². The third kappa shape index (κ3) is 7.46. The van der Waals surface area contributed by atoms with Crippen LogP contribution in [0.25, 0.3) is 0 Å². The van der Waals surface area contributed by atoms with E-state index in [0.29, 0.717) is 18.3 Å². The van der Waals surface area contributed by atoms with Crippen molar-refractivity contribution >= 4 is 29.3 Å². The van der Waals surface area contributed by atoms with E-state index in [1.54, 1.807) is 0 Å². The zero-order valence-corrected chi connectivity index (χ0v) is 17.8. The van der Waals surface area contributed by atoms with Gasteiger partial charge in [-0.05, 0) is 49.2 Å². The minimum Gasteiger partial charge on any atom is -0.354 e. The van der Waals surface area contributed by atoms with Crippen LogP contribution in [0.4, 0.5) is 10.1 Å². The van der Waals surface area contributed by atoms with Gasteiger partial charge < -0.3 is 10.6 Å². The summed E-state index contributed by atoms with van der Waals surface area (Å²) in [5, 5.41) is 5.71. The molecule has 7 heteroatoms. The minimum atomic E-state index is -0.348. The van der Waals surface area contributed by atoms with Crippen LogP contribution in [0.5, 0.6) is 0 Å². The summed E-state index contributed by atoms with van der Waals surface area (Å²) in [5.41, 5.74) is 1.83. The maximum absolute atomic E-state index is 12.9. The zero-order valence-electron chi connectivity index (χ0n) is 17.0. The summed E-state index contributed by atoms with van der Waals surface area (Å²) in [6.07, 6.45) is 3.46. The average molecular weight is 430 g/mol. The van der Waals surface area contributed by atoms with Crippen molar-refractivity contribution in [2.24, 2.45) is 0 Å². The second-order valence-electron chi connectivity index (χ2n) is 7.46. The molecule has 160 valence electrons. The molecule has 30 heavy (non-hydrogen) atoms. The normalized spacial score (nSPS) is 16.8. The molecule has 1 aliphatic rings. The Bertz CT molecular complexity index is 817. The first-order valence-corrected chi connectivity index (χ1v) is 11.4. The van der Waals surface area contributed by atoms with E-state index in [-0.39, 0.29) is 29.1 Å². The van der Waals surface area contributed by atoms with Gasteiger partial charge in [0.15, 0.2) is 0 Å². The van der Waals surface area contributed by atoms with Crippen LogP contribution < -0.4 is 10.6 Å². The van der Waals surface area contributed by atoms with Crippen LogP contribution in [-0.2, 0) is 16.1 Å². The molecule has 1 saturated heterocycles. The number of benzene rings is 2. The van der Waals surface area contributed by atoms with E-state index in [1.165, 1.54) is 54.4 Å². The molecule has 1 heterocycles. The highest BCUT2D eigenvalue weighted by molar-refractivity contribution is 8.00. The van der Waals surface area contributed by atoms with Crippen LogP contribution in [0.1, 0.15) is 24.8 Å². The monoisotopic (exact) mass is 429 g/mol. The summed E-state index contributed by atoms with van der Waals surface area (Å²) < 4.78 is 12.9. The number of nitrogens with one attached hydrogen (secondary N) is 2. The van der Waals surface area contributed by atoms with Gasteiger partial charge in [-0.3, -0.25) is 14.5 Å². The largest absolute Gasteiger partial charge is 0.354 e. The summed E-state index contributed by atoms with van der Waals surface area (Å²) in [4.78, 5) is 26.6. The molecule has 5 nitrogen and oxygen atoms in total. The summed E-state index contributed by atoms with van der Waals surface area (Å²) in [6, 6.07) is 16.4. The van der Waals surface area contributed by atoms with Gasteiger partial charge in [0.1, 0.15) is 5.82 Å². The quantitative estimate of drug-likeness (QED) is 0.639. The lowest BCUT2D eigenvalue weighted by Gasteiger charge is -2.35. The molecule has 0 spiro atoms. The fourth-order valence-corrected chi connectivity index (χ4v) is 4.21. The van der Waals surface area contributed by atoms with Crippen molar-refractivity contribution in [3.63, 3.8) is 0 Å². The first-order valence-electron chi connectivity index (χ1n) is 10.3. The summed E-state index contributed by atoms with van der Waals surface area (Å²) in [5.74, 6) is -0.198. The molecule has 1 aliphatic heterocycles. The summed E-state index contributed by atoms with van der Waals surface area (Å²) >= 11 is 1.27. The number of piperidine rings is 1. The molecule has 2 N–H and O–H groups in total. The van der Waals surface area contributed by atoms with Gasteiger partial charge in [0.2, 0.25) is 11.8 Å². The third-order valence-electron chi connectivity index (χ3n) is 5.11. The van der Waals surface area contributed by atoms with E-state index in [0.717, 1.165) is 19.5 Å². The van der Waals surface area contributed by atoms with Crippen LogP contribution in [-0.4, -0.2) is 47.4 Å². The number of hydrogen-bond donors (Lipinski definition) is 2. The Labute approximate surface area is 181 Å². The lowest BCUT2D eigenvalue weighted by molar-refractivity contribution is -0.118. The highest BCUT2D eigenvalue weighted by Crippen LogP contribution is 2.19. The topological polar surface area (TPSA) is 61.4 Å². The van der Waals surface area contributed by atoms with Crippen molar-refractivity contribution < 1.29 is 14.0 Å². The number of hydrogen-bond acceptors (Lipinski definition) is 4. The van der Waals surface area contributed by atoms with Crippen molar-refractivity contribution in [2.75, 3.05) is 29.9 Å². The lowest BCUT2D eigenvalue weighted by Crippen LogP contribution is -2.46. The van der Waals surface area contributed by atoms with Crippen molar-refractivity contribution in [3.8, 4) is 0 Å². The highest BCUT2D eigenvalue weighted by Gasteiger charge is 2.22. The van der Waals surface area contributed by atoms with E-state index < -0.39 is 0 Å². The number of halogens is 1. The van der Waals surface area contributed by atoms with Gasteiger partial charge in [-0.15, -0.1) is 11.8 Å². The molecule has 0 radical (unpaired) electrons. The van der Waals surface area contributed by atoms with E-state index in [1.807, 2.05) is 6.07 Å². The molecule has 3 rings (SSSR count). The van der Waals surface area contributed by atoms with Gasteiger partial charge in [0.05, 0.1) is 11.5 Å². The van der Waals surface area contributed by atoms with Crippen molar-refractivity contribution in [1.82, 2.24) is 10.2 Å². The van der Waals surface area contributed by atoms with E-state index in [4.69, 9.17) is 0 Å². The molecular formula is C23H28FN3O2S. The number of rotatable bonds is 9. The van der Waals surface area contributed by atoms with Crippen molar-refractivity contribution in [1.29, 1.82) is 0 Å². The second-order valence-corrected chi connectivity index (χ2v) is 8.44. The Kier molecular flexibility index (Phi) is 8.71. The molecule has 0 aliphatic carbocycles. The Morgan fingerprint density at radius 3 is 2.50 bits per heavy atom. The van der Waals surface area contributed by atoms with Crippen LogP contribution in [0, 0.1) is 5.82 Å². The number of likely N-dealkylation sites (tertiary alicyclic amines) is 1. The number of amides is 2. The number of carbonyl (C=O) groups is 2. The number of nitrogens with zero attached hydrogens (tertiary/aromatic N) is 1. The maximum Gasteiger partial charge on any atom is 0.234 e. The Morgan fingerprint density at radius 1 is 1.00 bits per heavy atom. The van der Waals surface area contributed by atoms with Gasteiger partial charge in [-0.2, -0.15) is 0 Å². The molecule has 1 unspecified atom stereocenters. The van der Waals surface area contributed by atoms with Gasteiger partial charge in [-0.1, -0.05) is 36.8 Å². The summed E-state index contributed by atoms with van der Waals surface area (Å²) in [6.45, 7) is 2.58. The van der Waals surface area contributed by atoms with Crippen LogP contribution in [0.2, 0.25) is 0 Å². The minimum absolute atomic E-state index is 0.0557. The second kappa shape index (κ2) is 11.7. The molecule has 2 aromatic carbocycles. The molecular weight excluding hydrogens is 401 g/mol. The lowest BCUT2D eigenvalue weighted by atomic mass is 10.0. The van der Waals surface area contributed by atoms with Gasteiger partial charge in [0, 0.05) is 24.8 Å². The molecule has 0 bridgehead atoms. The maximum atomic E-state index is 12.9. The highest BCUT2D eigenvalue weighted by atomic mass is 32.2. The van der Waals surface area contributed by atoms with Crippen LogP contribution in [0.15, 0.2) is 54.6 Å². The smallest absolute Gasteiger partial charge is 0.234 e. The van der Waals surface area contributed by atoms with Gasteiger partial charge in [-0.25, -0.2) is 4.39 Å². The van der Waals surface area contributed by atoms with Gasteiger partial charge >= 0.3 is 0 Å². The summed E-state index contributed by atoms with van der Waals surface area (Å²) in [7, 11) is 0. The predicted molar refractivity (Wildman–Crippen MR) is 120 cm³/mol. The average Bonchev–Trinajstić information content (AvgIpc) is 2.75. The molecule has 2 aromatic rings. The number of anilines is 1. The Hall–Kier alpha value is -2.38. The first-order chi connectivity index (χ1) is 14.6. The van der Waals surface area contributed by atoms with E-state index >= 15 is 0 Å². The van der Waals surface area contributed by atoms with E-state index in [9.17, 15) is 14.0 Å². The standard InChI is InChI=1S/C23H28FN3O2S/c24-19-9-11-20(12-10-19)26-23(29)17-30-16-22(28)25-14-21-8-4-5-13-27(21)15-18-6-2-1-3-7-18/h1-3,6-7,9-12,21H,4-5,8,13-17H2,(H,25,28)(H,26,29). The fourth-order valence-electron chi connectivity index (χ4n) is 3.57. The molecule has 1 fully saturated rings. The molecule has 0 saturated carbocycles. The van der Waals surface area contributed by atoms with Gasteiger partial charge in [0.25, 0.3) is 0 Å². The van der Waals surface area contributed by atoms with E-state index in [2.05, 4.69) is 39.8 Å². The zero-order chi connectivity index (χ0) is 21.2. The number of carbonyl (C=O) groups excluding carboxylic acids is 2.